The smallest absolute Gasteiger partial charge is 0.261 e. The van der Waals surface area contributed by atoms with Crippen LogP contribution in [0.4, 0.5) is 0 Å². The van der Waals surface area contributed by atoms with Crippen molar-refractivity contribution in [2.24, 2.45) is 0 Å². The van der Waals surface area contributed by atoms with Crippen LogP contribution in [0.25, 0.3) is 0 Å². The third-order valence-corrected chi connectivity index (χ3v) is 2.58. The molecule has 0 aromatic heterocycles. The minimum atomic E-state index is -0.473. The first kappa shape index (κ1) is 13.8. The van der Waals surface area contributed by atoms with E-state index in [0.29, 0.717) is 11.5 Å². The molecule has 1 rings (SSSR count). The van der Waals surface area contributed by atoms with Crippen LogP contribution in [0.3, 0.4) is 0 Å². The van der Waals surface area contributed by atoms with Gasteiger partial charge in [0.2, 0.25) is 0 Å². The van der Waals surface area contributed by atoms with E-state index in [9.17, 15) is 4.79 Å². The van der Waals surface area contributed by atoms with Crippen LogP contribution in [0.2, 0.25) is 0 Å². The highest BCUT2D eigenvalue weighted by atomic mass is 16.5. The Morgan fingerprint density at radius 2 is 2.06 bits per heavy atom. The summed E-state index contributed by atoms with van der Waals surface area (Å²) in [5.41, 5.74) is 0. The van der Waals surface area contributed by atoms with Gasteiger partial charge in [-0.25, -0.2) is 0 Å². The van der Waals surface area contributed by atoms with E-state index < -0.39 is 6.04 Å². The van der Waals surface area contributed by atoms with Gasteiger partial charge in [-0.1, -0.05) is 12.1 Å². The van der Waals surface area contributed by atoms with Crippen molar-refractivity contribution in [1.29, 1.82) is 5.26 Å². The first-order chi connectivity index (χ1) is 8.60. The Balaban J connectivity index is 2.60. The van der Waals surface area contributed by atoms with Gasteiger partial charge >= 0.3 is 0 Å². The maximum absolute atomic E-state index is 11.7. The van der Waals surface area contributed by atoms with E-state index in [2.05, 4.69) is 0 Å². The minimum absolute atomic E-state index is 0.122. The standard InChI is InChI=1S/C13H16N2O3/c1-10(8-14)15(2)13(16)9-18-12-7-5-4-6-11(12)17-3/h4-7,10H,9H2,1-3H3. The molecule has 5 nitrogen and oxygen atoms in total. The molecule has 0 fully saturated rings. The van der Waals surface area contributed by atoms with Gasteiger partial charge in [-0.3, -0.25) is 4.79 Å². The molecule has 96 valence electrons. The first-order valence-electron chi connectivity index (χ1n) is 5.51. The number of carbonyl (C=O) groups is 1. The van der Waals surface area contributed by atoms with Crippen LogP contribution in [0.15, 0.2) is 24.3 Å². The van der Waals surface area contributed by atoms with Gasteiger partial charge in [0, 0.05) is 7.05 Å². The summed E-state index contributed by atoms with van der Waals surface area (Å²) in [5.74, 6) is 0.822. The number of nitriles is 1. The van der Waals surface area contributed by atoms with Crippen LogP contribution >= 0.6 is 0 Å². The summed E-state index contributed by atoms with van der Waals surface area (Å²) < 4.78 is 10.5. The fourth-order valence-corrected chi connectivity index (χ4v) is 1.28. The van der Waals surface area contributed by atoms with Gasteiger partial charge in [0.15, 0.2) is 18.1 Å². The van der Waals surface area contributed by atoms with Crippen molar-refractivity contribution in [3.8, 4) is 17.6 Å². The average Bonchev–Trinajstić information content (AvgIpc) is 2.43. The molecule has 0 radical (unpaired) electrons. The van der Waals surface area contributed by atoms with Gasteiger partial charge in [0.1, 0.15) is 6.04 Å². The van der Waals surface area contributed by atoms with E-state index in [-0.39, 0.29) is 12.5 Å². The van der Waals surface area contributed by atoms with Crippen molar-refractivity contribution in [2.45, 2.75) is 13.0 Å². The van der Waals surface area contributed by atoms with Crippen molar-refractivity contribution in [3.63, 3.8) is 0 Å². The molecule has 0 heterocycles. The highest BCUT2D eigenvalue weighted by molar-refractivity contribution is 5.78. The van der Waals surface area contributed by atoms with Crippen molar-refractivity contribution < 1.29 is 14.3 Å². The van der Waals surface area contributed by atoms with Crippen LogP contribution in [0, 0.1) is 11.3 Å². The van der Waals surface area contributed by atoms with Crippen LogP contribution in [0.1, 0.15) is 6.92 Å². The van der Waals surface area contributed by atoms with Crippen LogP contribution in [-0.2, 0) is 4.79 Å². The number of hydrogen-bond acceptors (Lipinski definition) is 4. The molecule has 5 heteroatoms. The number of likely N-dealkylation sites (N-methyl/N-ethyl adjacent to an activating group) is 1. The molecule has 0 saturated carbocycles. The number of ether oxygens (including phenoxy) is 2. The third kappa shape index (κ3) is 3.39. The van der Waals surface area contributed by atoms with E-state index in [1.54, 1.807) is 32.2 Å². The zero-order chi connectivity index (χ0) is 13.5. The molecule has 0 aliphatic heterocycles. The molecule has 1 unspecified atom stereocenters. The molecular formula is C13H16N2O3. The summed E-state index contributed by atoms with van der Waals surface area (Å²) in [6, 6.07) is 8.60. The highest BCUT2D eigenvalue weighted by Crippen LogP contribution is 2.25. The lowest BCUT2D eigenvalue weighted by Gasteiger charge is -2.19. The number of carbonyl (C=O) groups excluding carboxylic acids is 1. The molecule has 1 amide bonds. The summed E-state index contributed by atoms with van der Waals surface area (Å²) in [5, 5.41) is 8.72. The predicted molar refractivity (Wildman–Crippen MR) is 66.3 cm³/mol. The topological polar surface area (TPSA) is 62.6 Å². The van der Waals surface area contributed by atoms with E-state index >= 15 is 0 Å². The van der Waals surface area contributed by atoms with Gasteiger partial charge in [-0.05, 0) is 19.1 Å². The molecule has 0 bridgehead atoms. The largest absolute Gasteiger partial charge is 0.493 e. The Bertz CT molecular complexity index is 454. The van der Waals surface area contributed by atoms with Crippen LogP contribution in [0.5, 0.6) is 11.5 Å². The van der Waals surface area contributed by atoms with E-state index in [1.165, 1.54) is 12.0 Å². The number of para-hydroxylation sites is 2. The number of rotatable bonds is 5. The second-order valence-corrected chi connectivity index (χ2v) is 3.75. The van der Waals surface area contributed by atoms with Crippen molar-refractivity contribution >= 4 is 5.91 Å². The molecule has 0 N–H and O–H groups in total. The fraction of sp³-hybridized carbons (Fsp3) is 0.385. The summed E-state index contributed by atoms with van der Waals surface area (Å²) in [6.07, 6.45) is 0. The minimum Gasteiger partial charge on any atom is -0.493 e. The number of methoxy groups -OCH3 is 1. The second-order valence-electron chi connectivity index (χ2n) is 3.75. The summed E-state index contributed by atoms with van der Waals surface area (Å²) in [4.78, 5) is 13.1. The monoisotopic (exact) mass is 248 g/mol. The molecule has 0 spiro atoms. The molecule has 0 aliphatic carbocycles. The van der Waals surface area contributed by atoms with Gasteiger partial charge in [-0.2, -0.15) is 5.26 Å². The lowest BCUT2D eigenvalue weighted by Crippen LogP contribution is -2.37. The number of benzene rings is 1. The summed E-state index contributed by atoms with van der Waals surface area (Å²) >= 11 is 0. The lowest BCUT2D eigenvalue weighted by atomic mass is 10.3. The Morgan fingerprint density at radius 1 is 1.44 bits per heavy atom. The number of nitrogens with zero attached hydrogens (tertiary/aromatic N) is 2. The van der Waals surface area contributed by atoms with Crippen molar-refractivity contribution in [3.05, 3.63) is 24.3 Å². The SMILES string of the molecule is COc1ccccc1OCC(=O)N(C)C(C)C#N. The Labute approximate surface area is 107 Å². The van der Waals surface area contributed by atoms with Gasteiger partial charge in [0.25, 0.3) is 5.91 Å². The predicted octanol–water partition coefficient (Wildman–Crippen LogP) is 1.44. The Kier molecular flexibility index (Phi) is 5.00. The second kappa shape index (κ2) is 6.50. The molecule has 1 aromatic rings. The maximum atomic E-state index is 11.7. The summed E-state index contributed by atoms with van der Waals surface area (Å²) in [6.45, 7) is 1.53. The summed E-state index contributed by atoms with van der Waals surface area (Å²) in [7, 11) is 3.11. The number of amides is 1. The van der Waals surface area contributed by atoms with Crippen molar-refractivity contribution in [2.75, 3.05) is 20.8 Å². The third-order valence-electron chi connectivity index (χ3n) is 2.58. The fourth-order valence-electron chi connectivity index (χ4n) is 1.28. The van der Waals surface area contributed by atoms with Gasteiger partial charge in [0.05, 0.1) is 13.2 Å². The molecule has 0 aliphatic rings. The molecule has 0 saturated heterocycles. The lowest BCUT2D eigenvalue weighted by molar-refractivity contribution is -0.132. The van der Waals surface area contributed by atoms with Gasteiger partial charge in [-0.15, -0.1) is 0 Å². The van der Waals surface area contributed by atoms with E-state index in [4.69, 9.17) is 14.7 Å². The molecule has 1 aromatic carbocycles. The van der Waals surface area contributed by atoms with Crippen molar-refractivity contribution in [1.82, 2.24) is 4.90 Å². The molecule has 1 atom stereocenters. The number of hydrogen-bond donors (Lipinski definition) is 0. The Morgan fingerprint density at radius 3 is 2.61 bits per heavy atom. The van der Waals surface area contributed by atoms with E-state index in [1.807, 2.05) is 12.1 Å². The molecular weight excluding hydrogens is 232 g/mol. The van der Waals surface area contributed by atoms with Crippen LogP contribution in [-0.4, -0.2) is 37.6 Å². The van der Waals surface area contributed by atoms with Crippen LogP contribution < -0.4 is 9.47 Å². The first-order valence-corrected chi connectivity index (χ1v) is 5.51. The average molecular weight is 248 g/mol. The maximum Gasteiger partial charge on any atom is 0.261 e. The normalized spacial score (nSPS) is 11.2. The van der Waals surface area contributed by atoms with E-state index in [0.717, 1.165) is 0 Å². The Hall–Kier alpha value is -2.22. The highest BCUT2D eigenvalue weighted by Gasteiger charge is 2.16. The molecule has 18 heavy (non-hydrogen) atoms. The van der Waals surface area contributed by atoms with Gasteiger partial charge < -0.3 is 14.4 Å². The quantitative estimate of drug-likeness (QED) is 0.791. The zero-order valence-corrected chi connectivity index (χ0v) is 10.7. The zero-order valence-electron chi connectivity index (χ0n) is 10.7.